The van der Waals surface area contributed by atoms with E-state index in [9.17, 15) is 4.79 Å². The number of nitrogens with one attached hydrogen (secondary N) is 1. The lowest BCUT2D eigenvalue weighted by Crippen LogP contribution is -2.05. The SMILES string of the molecule is CC(=O)Nc1ccc(Sc2cncc(Cl)n2)cc1. The van der Waals surface area contributed by atoms with Gasteiger partial charge in [-0.1, -0.05) is 23.4 Å². The van der Waals surface area contributed by atoms with Gasteiger partial charge in [0.15, 0.2) is 0 Å². The van der Waals surface area contributed by atoms with E-state index < -0.39 is 0 Å². The molecule has 0 fully saturated rings. The maximum atomic E-state index is 10.9. The van der Waals surface area contributed by atoms with Gasteiger partial charge in [0.1, 0.15) is 10.2 Å². The largest absolute Gasteiger partial charge is 0.326 e. The molecule has 6 heteroatoms. The van der Waals surface area contributed by atoms with Crippen molar-refractivity contribution in [3.05, 3.63) is 41.8 Å². The highest BCUT2D eigenvalue weighted by molar-refractivity contribution is 7.99. The molecule has 1 aromatic heterocycles. The zero-order chi connectivity index (χ0) is 13.0. The number of aromatic nitrogens is 2. The minimum Gasteiger partial charge on any atom is -0.326 e. The van der Waals surface area contributed by atoms with E-state index in [-0.39, 0.29) is 5.91 Å². The number of benzene rings is 1. The molecule has 0 radical (unpaired) electrons. The fourth-order valence-electron chi connectivity index (χ4n) is 1.31. The van der Waals surface area contributed by atoms with Crippen LogP contribution in [0.15, 0.2) is 46.6 Å². The van der Waals surface area contributed by atoms with Crippen LogP contribution in [0.3, 0.4) is 0 Å². The van der Waals surface area contributed by atoms with Crippen molar-refractivity contribution in [1.82, 2.24) is 9.97 Å². The van der Waals surface area contributed by atoms with Crippen molar-refractivity contribution in [2.45, 2.75) is 16.8 Å². The number of amides is 1. The van der Waals surface area contributed by atoms with E-state index in [0.717, 1.165) is 15.6 Å². The highest BCUT2D eigenvalue weighted by Gasteiger charge is 2.01. The first-order valence-corrected chi connectivity index (χ1v) is 6.36. The van der Waals surface area contributed by atoms with Crippen LogP contribution in [0.25, 0.3) is 0 Å². The summed E-state index contributed by atoms with van der Waals surface area (Å²) in [5, 5.41) is 3.81. The van der Waals surface area contributed by atoms with Gasteiger partial charge in [0.2, 0.25) is 5.91 Å². The van der Waals surface area contributed by atoms with Crippen LogP contribution in [0.4, 0.5) is 5.69 Å². The quantitative estimate of drug-likeness (QED) is 0.937. The van der Waals surface area contributed by atoms with Crippen molar-refractivity contribution in [3.8, 4) is 0 Å². The minimum absolute atomic E-state index is 0.0869. The Labute approximate surface area is 114 Å². The first-order valence-electron chi connectivity index (χ1n) is 5.16. The Morgan fingerprint density at radius 1 is 1.28 bits per heavy atom. The Hall–Kier alpha value is -1.59. The molecule has 0 saturated heterocycles. The lowest BCUT2D eigenvalue weighted by Gasteiger charge is -2.04. The molecule has 1 aromatic carbocycles. The first kappa shape index (κ1) is 12.9. The van der Waals surface area contributed by atoms with E-state index in [0.29, 0.717) is 5.15 Å². The third-order valence-corrected chi connectivity index (χ3v) is 3.08. The van der Waals surface area contributed by atoms with Gasteiger partial charge in [0.25, 0.3) is 0 Å². The molecule has 92 valence electrons. The minimum atomic E-state index is -0.0869. The predicted molar refractivity (Wildman–Crippen MR) is 71.9 cm³/mol. The molecule has 1 heterocycles. The van der Waals surface area contributed by atoms with Gasteiger partial charge < -0.3 is 5.32 Å². The molecule has 0 aliphatic heterocycles. The Morgan fingerprint density at radius 3 is 2.61 bits per heavy atom. The van der Waals surface area contributed by atoms with Gasteiger partial charge in [-0.3, -0.25) is 9.78 Å². The van der Waals surface area contributed by atoms with Crippen LogP contribution in [-0.4, -0.2) is 15.9 Å². The molecule has 0 aliphatic rings. The predicted octanol–water partition coefficient (Wildman–Crippen LogP) is 3.24. The van der Waals surface area contributed by atoms with E-state index in [1.165, 1.54) is 24.9 Å². The molecule has 1 amide bonds. The molecule has 1 N–H and O–H groups in total. The van der Waals surface area contributed by atoms with Crippen LogP contribution in [-0.2, 0) is 4.79 Å². The van der Waals surface area contributed by atoms with Crippen molar-refractivity contribution in [1.29, 1.82) is 0 Å². The zero-order valence-corrected chi connectivity index (χ0v) is 11.1. The number of anilines is 1. The number of carbonyl (C=O) groups is 1. The highest BCUT2D eigenvalue weighted by Crippen LogP contribution is 2.27. The third-order valence-electron chi connectivity index (χ3n) is 1.98. The molecule has 0 aliphatic carbocycles. The molecule has 2 rings (SSSR count). The van der Waals surface area contributed by atoms with Crippen LogP contribution in [0.1, 0.15) is 6.92 Å². The maximum absolute atomic E-state index is 10.9. The summed E-state index contributed by atoms with van der Waals surface area (Å²) in [6, 6.07) is 7.47. The summed E-state index contributed by atoms with van der Waals surface area (Å²) in [7, 11) is 0. The van der Waals surface area contributed by atoms with Gasteiger partial charge in [-0.05, 0) is 24.3 Å². The van der Waals surface area contributed by atoms with Crippen LogP contribution in [0, 0.1) is 0 Å². The average molecular weight is 280 g/mol. The van der Waals surface area contributed by atoms with E-state index in [1.807, 2.05) is 24.3 Å². The number of hydrogen-bond donors (Lipinski definition) is 1. The van der Waals surface area contributed by atoms with Crippen LogP contribution in [0.5, 0.6) is 0 Å². The van der Waals surface area contributed by atoms with Crippen molar-refractivity contribution in [3.63, 3.8) is 0 Å². The van der Waals surface area contributed by atoms with E-state index >= 15 is 0 Å². The number of rotatable bonds is 3. The van der Waals surface area contributed by atoms with Gasteiger partial charge in [-0.15, -0.1) is 0 Å². The van der Waals surface area contributed by atoms with Crippen LogP contribution < -0.4 is 5.32 Å². The van der Waals surface area contributed by atoms with Crippen LogP contribution >= 0.6 is 23.4 Å². The summed E-state index contributed by atoms with van der Waals surface area (Å²) in [4.78, 5) is 20.0. The molecule has 0 atom stereocenters. The fourth-order valence-corrected chi connectivity index (χ4v) is 2.27. The second kappa shape index (κ2) is 5.84. The standard InChI is InChI=1S/C12H10ClN3OS/c1-8(17)15-9-2-4-10(5-3-9)18-12-7-14-6-11(13)16-12/h2-7H,1H3,(H,15,17). The van der Waals surface area contributed by atoms with Crippen molar-refractivity contribution in [2.75, 3.05) is 5.32 Å². The lowest BCUT2D eigenvalue weighted by atomic mass is 10.3. The Morgan fingerprint density at radius 2 is 2.00 bits per heavy atom. The average Bonchev–Trinajstić information content (AvgIpc) is 2.31. The topological polar surface area (TPSA) is 54.9 Å². The fraction of sp³-hybridized carbons (Fsp3) is 0.0833. The third kappa shape index (κ3) is 3.72. The monoisotopic (exact) mass is 279 g/mol. The summed E-state index contributed by atoms with van der Waals surface area (Å²) < 4.78 is 0. The summed E-state index contributed by atoms with van der Waals surface area (Å²) in [5.41, 5.74) is 0.768. The smallest absolute Gasteiger partial charge is 0.221 e. The Balaban J connectivity index is 2.08. The van der Waals surface area contributed by atoms with E-state index in [1.54, 1.807) is 6.20 Å². The first-order chi connectivity index (χ1) is 8.63. The maximum Gasteiger partial charge on any atom is 0.221 e. The van der Waals surface area contributed by atoms with Gasteiger partial charge in [0, 0.05) is 17.5 Å². The summed E-state index contributed by atoms with van der Waals surface area (Å²) in [6.07, 6.45) is 3.14. The zero-order valence-electron chi connectivity index (χ0n) is 9.55. The summed E-state index contributed by atoms with van der Waals surface area (Å²) >= 11 is 7.22. The number of halogens is 1. The molecular formula is C12H10ClN3OS. The molecule has 2 aromatic rings. The summed E-state index contributed by atoms with van der Waals surface area (Å²) in [6.45, 7) is 1.48. The molecule has 4 nitrogen and oxygen atoms in total. The molecule has 0 saturated carbocycles. The van der Waals surface area contributed by atoms with E-state index in [4.69, 9.17) is 11.6 Å². The normalized spacial score (nSPS) is 10.1. The molecule has 0 spiro atoms. The van der Waals surface area contributed by atoms with Gasteiger partial charge in [-0.25, -0.2) is 4.98 Å². The molecular weight excluding hydrogens is 270 g/mol. The van der Waals surface area contributed by atoms with Crippen LogP contribution in [0.2, 0.25) is 5.15 Å². The Bertz CT molecular complexity index is 560. The molecule has 0 bridgehead atoms. The molecule has 0 unspecified atom stereocenters. The van der Waals surface area contributed by atoms with Crippen molar-refractivity contribution < 1.29 is 4.79 Å². The van der Waals surface area contributed by atoms with Crippen molar-refractivity contribution in [2.24, 2.45) is 0 Å². The number of carbonyl (C=O) groups excluding carboxylic acids is 1. The van der Waals surface area contributed by atoms with Gasteiger partial charge in [-0.2, -0.15) is 0 Å². The van der Waals surface area contributed by atoms with Crippen molar-refractivity contribution >= 4 is 35.0 Å². The number of nitrogens with zero attached hydrogens (tertiary/aromatic N) is 2. The molecule has 18 heavy (non-hydrogen) atoms. The summed E-state index contributed by atoms with van der Waals surface area (Å²) in [5.74, 6) is -0.0869. The lowest BCUT2D eigenvalue weighted by molar-refractivity contribution is -0.114. The second-order valence-corrected chi connectivity index (χ2v) is 4.97. The number of hydrogen-bond acceptors (Lipinski definition) is 4. The van der Waals surface area contributed by atoms with Gasteiger partial charge in [0.05, 0.1) is 12.4 Å². The van der Waals surface area contributed by atoms with E-state index in [2.05, 4.69) is 15.3 Å². The Kier molecular flexibility index (Phi) is 4.17. The second-order valence-electron chi connectivity index (χ2n) is 3.49. The van der Waals surface area contributed by atoms with Gasteiger partial charge >= 0.3 is 0 Å². The highest BCUT2D eigenvalue weighted by atomic mass is 35.5.